The third-order valence-corrected chi connectivity index (χ3v) is 5.67. The van der Waals surface area contributed by atoms with E-state index in [1.54, 1.807) is 12.1 Å². The minimum atomic E-state index is -0.762. The first-order chi connectivity index (χ1) is 13.5. The topological polar surface area (TPSA) is 58.6 Å². The average molecular weight is 385 g/mol. The fourth-order valence-electron chi connectivity index (χ4n) is 4.04. The van der Waals surface area contributed by atoms with Crippen molar-refractivity contribution in [2.75, 3.05) is 7.11 Å². The third kappa shape index (κ3) is 5.10. The van der Waals surface area contributed by atoms with E-state index in [1.807, 2.05) is 12.1 Å². The zero-order valence-corrected chi connectivity index (χ0v) is 16.5. The van der Waals surface area contributed by atoms with Crippen molar-refractivity contribution in [3.63, 3.8) is 0 Å². The highest BCUT2D eigenvalue weighted by atomic mass is 19.1. The summed E-state index contributed by atoms with van der Waals surface area (Å²) in [5.74, 6) is -0.313. The molecule has 3 atom stereocenters. The van der Waals surface area contributed by atoms with Gasteiger partial charge in [0.1, 0.15) is 0 Å². The summed E-state index contributed by atoms with van der Waals surface area (Å²) in [5, 5.41) is 12.5. The van der Waals surface area contributed by atoms with E-state index >= 15 is 0 Å². The Morgan fingerprint density at radius 3 is 2.68 bits per heavy atom. The Labute approximate surface area is 165 Å². The third-order valence-electron chi connectivity index (χ3n) is 5.67. The number of aryl methyl sites for hydroxylation is 1. The van der Waals surface area contributed by atoms with E-state index in [2.05, 4.69) is 24.4 Å². The Morgan fingerprint density at radius 1 is 1.25 bits per heavy atom. The lowest BCUT2D eigenvalue weighted by molar-refractivity contribution is -0.136. The molecule has 1 aliphatic rings. The molecule has 2 N–H and O–H groups in total. The van der Waals surface area contributed by atoms with Crippen LogP contribution in [0.25, 0.3) is 0 Å². The summed E-state index contributed by atoms with van der Waals surface area (Å²) in [4.78, 5) is 10.7. The van der Waals surface area contributed by atoms with Crippen molar-refractivity contribution in [3.05, 3.63) is 65.0 Å². The highest BCUT2D eigenvalue weighted by Gasteiger charge is 2.27. The smallest absolute Gasteiger partial charge is 0.303 e. The van der Waals surface area contributed by atoms with Gasteiger partial charge in [0.15, 0.2) is 11.6 Å². The summed E-state index contributed by atoms with van der Waals surface area (Å²) in [6, 6.07) is 13.9. The van der Waals surface area contributed by atoms with Gasteiger partial charge in [-0.05, 0) is 67.3 Å². The van der Waals surface area contributed by atoms with Gasteiger partial charge in [0.2, 0.25) is 0 Å². The molecule has 0 spiro atoms. The molecule has 3 rings (SSSR count). The SMILES string of the molecule is COc1cc([C@@H](C)N[C@H]2CC[C@H](c3ccc(CCC(=O)O)cc3)C2)ccc1F. The van der Waals surface area contributed by atoms with E-state index in [-0.39, 0.29) is 24.0 Å². The van der Waals surface area contributed by atoms with Gasteiger partial charge in [0, 0.05) is 18.5 Å². The first-order valence-electron chi connectivity index (χ1n) is 9.86. The molecule has 0 radical (unpaired) electrons. The summed E-state index contributed by atoms with van der Waals surface area (Å²) in [7, 11) is 1.48. The monoisotopic (exact) mass is 385 g/mol. The Balaban J connectivity index is 1.55. The number of carboxylic acid groups (broad SMARTS) is 1. The molecule has 0 saturated heterocycles. The van der Waals surface area contributed by atoms with Gasteiger partial charge in [0.05, 0.1) is 7.11 Å². The summed E-state index contributed by atoms with van der Waals surface area (Å²) < 4.78 is 18.7. The maximum absolute atomic E-state index is 13.6. The summed E-state index contributed by atoms with van der Waals surface area (Å²) in [6.07, 6.45) is 4.04. The van der Waals surface area contributed by atoms with Crippen molar-refractivity contribution in [1.29, 1.82) is 0 Å². The van der Waals surface area contributed by atoms with Crippen molar-refractivity contribution >= 4 is 5.97 Å². The summed E-state index contributed by atoms with van der Waals surface area (Å²) in [6.45, 7) is 2.09. The number of carbonyl (C=O) groups is 1. The minimum absolute atomic E-state index is 0.122. The number of nitrogens with one attached hydrogen (secondary N) is 1. The second kappa shape index (κ2) is 9.20. The molecule has 28 heavy (non-hydrogen) atoms. The largest absolute Gasteiger partial charge is 0.494 e. The zero-order chi connectivity index (χ0) is 20.1. The van der Waals surface area contributed by atoms with E-state index in [0.717, 1.165) is 30.4 Å². The van der Waals surface area contributed by atoms with Crippen molar-refractivity contribution in [2.45, 2.75) is 57.0 Å². The number of rotatable bonds is 8. The Morgan fingerprint density at radius 2 is 2.00 bits per heavy atom. The molecule has 0 aliphatic heterocycles. The van der Waals surface area contributed by atoms with Crippen LogP contribution >= 0.6 is 0 Å². The maximum atomic E-state index is 13.6. The number of hydrogen-bond donors (Lipinski definition) is 2. The molecule has 1 aliphatic carbocycles. The van der Waals surface area contributed by atoms with Crippen LogP contribution in [0.3, 0.4) is 0 Å². The van der Waals surface area contributed by atoms with Crippen molar-refractivity contribution in [3.8, 4) is 5.75 Å². The highest BCUT2D eigenvalue weighted by Crippen LogP contribution is 2.36. The fraction of sp³-hybridized carbons (Fsp3) is 0.435. The quantitative estimate of drug-likeness (QED) is 0.683. The second-order valence-corrected chi connectivity index (χ2v) is 7.62. The van der Waals surface area contributed by atoms with Crippen molar-refractivity contribution in [1.82, 2.24) is 5.32 Å². The van der Waals surface area contributed by atoms with Crippen LogP contribution in [0.4, 0.5) is 4.39 Å². The Kier molecular flexibility index (Phi) is 6.68. The molecule has 1 fully saturated rings. The van der Waals surface area contributed by atoms with Crippen LogP contribution in [0.2, 0.25) is 0 Å². The van der Waals surface area contributed by atoms with Crippen LogP contribution in [-0.2, 0) is 11.2 Å². The van der Waals surface area contributed by atoms with Gasteiger partial charge in [0.25, 0.3) is 0 Å². The predicted octanol–water partition coefficient (Wildman–Crippen LogP) is 4.84. The number of aliphatic carboxylic acids is 1. The number of ether oxygens (including phenoxy) is 1. The summed E-state index contributed by atoms with van der Waals surface area (Å²) in [5.41, 5.74) is 3.40. The Hall–Kier alpha value is -2.40. The van der Waals surface area contributed by atoms with Crippen LogP contribution in [0.1, 0.15) is 61.3 Å². The molecule has 4 nitrogen and oxygen atoms in total. The molecular formula is C23H28FNO3. The van der Waals surface area contributed by atoms with E-state index in [1.165, 1.54) is 18.7 Å². The molecule has 2 aromatic carbocycles. The van der Waals surface area contributed by atoms with Gasteiger partial charge in [-0.25, -0.2) is 4.39 Å². The second-order valence-electron chi connectivity index (χ2n) is 7.62. The molecule has 150 valence electrons. The van der Waals surface area contributed by atoms with E-state index in [4.69, 9.17) is 9.84 Å². The standard InChI is InChI=1S/C23H28FNO3/c1-15(18-9-11-21(24)22(14-18)28-2)25-20-10-8-19(13-20)17-6-3-16(4-7-17)5-12-23(26)27/h3-4,6-7,9,11,14-15,19-20,25H,5,8,10,12-13H2,1-2H3,(H,26,27)/t15-,19+,20+/m1/s1. The normalized spacial score (nSPS) is 20.1. The predicted molar refractivity (Wildman–Crippen MR) is 107 cm³/mol. The molecule has 0 aromatic heterocycles. The molecule has 1 saturated carbocycles. The van der Waals surface area contributed by atoms with E-state index in [0.29, 0.717) is 18.4 Å². The molecule has 2 aromatic rings. The molecular weight excluding hydrogens is 357 g/mol. The molecule has 0 amide bonds. The number of carboxylic acids is 1. The van der Waals surface area contributed by atoms with Gasteiger partial charge in [-0.2, -0.15) is 0 Å². The van der Waals surface area contributed by atoms with Crippen molar-refractivity contribution < 1.29 is 19.0 Å². The number of halogens is 1. The lowest BCUT2D eigenvalue weighted by Gasteiger charge is -2.21. The van der Waals surface area contributed by atoms with Gasteiger partial charge in [-0.15, -0.1) is 0 Å². The van der Waals surface area contributed by atoms with E-state index < -0.39 is 5.97 Å². The number of benzene rings is 2. The average Bonchev–Trinajstić information content (AvgIpc) is 3.15. The Bertz CT molecular complexity index is 806. The fourth-order valence-corrected chi connectivity index (χ4v) is 4.04. The molecule has 5 heteroatoms. The van der Waals surface area contributed by atoms with Gasteiger partial charge < -0.3 is 15.2 Å². The van der Waals surface area contributed by atoms with Crippen molar-refractivity contribution in [2.24, 2.45) is 0 Å². The van der Waals surface area contributed by atoms with Crippen LogP contribution in [0, 0.1) is 5.82 Å². The van der Waals surface area contributed by atoms with E-state index in [9.17, 15) is 9.18 Å². The molecule has 0 bridgehead atoms. The van der Waals surface area contributed by atoms with Crippen LogP contribution in [0.15, 0.2) is 42.5 Å². The summed E-state index contributed by atoms with van der Waals surface area (Å²) >= 11 is 0. The number of hydrogen-bond acceptors (Lipinski definition) is 3. The first kappa shape index (κ1) is 20.3. The van der Waals surface area contributed by atoms with Gasteiger partial charge >= 0.3 is 5.97 Å². The lowest BCUT2D eigenvalue weighted by atomic mass is 9.95. The molecule has 0 unspecified atom stereocenters. The van der Waals surface area contributed by atoms with Gasteiger partial charge in [-0.1, -0.05) is 30.3 Å². The van der Waals surface area contributed by atoms with Crippen LogP contribution in [-0.4, -0.2) is 24.2 Å². The van der Waals surface area contributed by atoms with Crippen LogP contribution < -0.4 is 10.1 Å². The lowest BCUT2D eigenvalue weighted by Crippen LogP contribution is -2.29. The highest BCUT2D eigenvalue weighted by molar-refractivity contribution is 5.67. The maximum Gasteiger partial charge on any atom is 0.303 e. The van der Waals surface area contributed by atoms with Crippen LogP contribution in [0.5, 0.6) is 5.75 Å². The number of methoxy groups -OCH3 is 1. The molecule has 0 heterocycles. The minimum Gasteiger partial charge on any atom is -0.494 e. The first-order valence-corrected chi connectivity index (χ1v) is 9.86. The van der Waals surface area contributed by atoms with Gasteiger partial charge in [-0.3, -0.25) is 4.79 Å². The zero-order valence-electron chi connectivity index (χ0n) is 16.5.